The van der Waals surface area contributed by atoms with Gasteiger partial charge in [0.2, 0.25) is 11.8 Å². The van der Waals surface area contributed by atoms with Crippen LogP contribution >= 0.6 is 11.6 Å². The molecule has 1 atom stereocenters. The fraction of sp³-hybridized carbons (Fsp3) is 0.182. The summed E-state index contributed by atoms with van der Waals surface area (Å²) in [6.45, 7) is 2.65. The van der Waals surface area contributed by atoms with Crippen molar-refractivity contribution in [1.82, 2.24) is 10.2 Å². The van der Waals surface area contributed by atoms with Crippen molar-refractivity contribution >= 4 is 11.6 Å². The first kappa shape index (κ1) is 19.8. The summed E-state index contributed by atoms with van der Waals surface area (Å²) in [5, 5.41) is 17.0. The number of fused-ring (bicyclic) bond motifs is 1. The third-order valence-electron chi connectivity index (χ3n) is 4.84. The predicted molar refractivity (Wildman–Crippen MR) is 111 cm³/mol. The number of nitrogens with zero attached hydrogens (tertiary/aromatic N) is 2. The molecule has 1 aromatic heterocycles. The van der Waals surface area contributed by atoms with Crippen molar-refractivity contribution in [3.8, 4) is 29.0 Å². The van der Waals surface area contributed by atoms with Gasteiger partial charge in [-0.2, -0.15) is 5.26 Å². The molecule has 0 saturated heterocycles. The van der Waals surface area contributed by atoms with Gasteiger partial charge < -0.3 is 15.2 Å². The lowest BCUT2D eigenvalue weighted by Gasteiger charge is -2.25. The number of hydrogen-bond donors (Lipinski definition) is 2. The minimum absolute atomic E-state index is 0.0695. The number of aromatic amines is 1. The zero-order valence-electron chi connectivity index (χ0n) is 16.1. The molecule has 1 aliphatic heterocycles. The number of rotatable bonds is 5. The number of H-pyrrole nitrogens is 1. The van der Waals surface area contributed by atoms with E-state index in [1.165, 1.54) is 12.1 Å². The van der Waals surface area contributed by atoms with Crippen LogP contribution in [0.1, 0.15) is 30.4 Å². The molecule has 2 heterocycles. The number of nitrogens with two attached hydrogens (primary N) is 1. The quantitative estimate of drug-likeness (QED) is 0.608. The molecule has 30 heavy (non-hydrogen) atoms. The molecule has 0 unspecified atom stereocenters. The Morgan fingerprint density at radius 2 is 2.03 bits per heavy atom. The molecule has 6 nitrogen and oxygen atoms in total. The largest absolute Gasteiger partial charge is 0.494 e. The highest BCUT2D eigenvalue weighted by Gasteiger charge is 2.38. The molecule has 0 amide bonds. The molecular weight excluding hydrogens is 407 g/mol. The highest BCUT2D eigenvalue weighted by Crippen LogP contribution is 2.47. The first-order valence-electron chi connectivity index (χ1n) is 9.38. The zero-order chi connectivity index (χ0) is 21.3. The number of aromatic nitrogens is 2. The number of allylic oxidation sites excluding steroid dienone is 1. The minimum Gasteiger partial charge on any atom is -0.494 e. The fourth-order valence-corrected chi connectivity index (χ4v) is 3.75. The average molecular weight is 425 g/mol. The van der Waals surface area contributed by atoms with Crippen molar-refractivity contribution in [2.45, 2.75) is 19.3 Å². The lowest BCUT2D eigenvalue weighted by molar-refractivity contribution is 0.317. The first-order chi connectivity index (χ1) is 14.5. The summed E-state index contributed by atoms with van der Waals surface area (Å²) in [5.41, 5.74) is 8.01. The number of hydrogen-bond acceptors (Lipinski definition) is 5. The van der Waals surface area contributed by atoms with E-state index >= 15 is 0 Å². The Hall–Kier alpha value is -3.50. The maximum Gasteiger partial charge on any atom is 0.244 e. The number of benzene rings is 2. The Morgan fingerprint density at radius 1 is 1.27 bits per heavy atom. The van der Waals surface area contributed by atoms with Gasteiger partial charge in [-0.3, -0.25) is 5.10 Å². The van der Waals surface area contributed by atoms with Crippen LogP contribution in [-0.4, -0.2) is 16.8 Å². The van der Waals surface area contributed by atoms with Crippen molar-refractivity contribution in [2.75, 3.05) is 6.61 Å². The smallest absolute Gasteiger partial charge is 0.244 e. The van der Waals surface area contributed by atoms with Gasteiger partial charge in [-0.1, -0.05) is 24.6 Å². The van der Waals surface area contributed by atoms with Crippen molar-refractivity contribution in [3.63, 3.8) is 0 Å². The van der Waals surface area contributed by atoms with Crippen molar-refractivity contribution in [2.24, 2.45) is 5.73 Å². The molecule has 0 radical (unpaired) electrons. The topological polar surface area (TPSA) is 97.0 Å². The second-order valence-corrected chi connectivity index (χ2v) is 7.16. The molecule has 0 saturated carbocycles. The summed E-state index contributed by atoms with van der Waals surface area (Å²) in [7, 11) is 0. The fourth-order valence-electron chi connectivity index (χ4n) is 3.48. The molecule has 0 spiro atoms. The molecule has 4 rings (SSSR count). The van der Waals surface area contributed by atoms with Crippen LogP contribution in [0.15, 0.2) is 53.9 Å². The second-order valence-electron chi connectivity index (χ2n) is 6.75. The molecule has 0 aliphatic carbocycles. The Balaban J connectivity index is 1.87. The second kappa shape index (κ2) is 8.09. The van der Waals surface area contributed by atoms with Crippen molar-refractivity contribution in [3.05, 3.63) is 75.9 Å². The van der Waals surface area contributed by atoms with Crippen LogP contribution in [0.2, 0.25) is 5.02 Å². The van der Waals surface area contributed by atoms with Gasteiger partial charge in [-0.15, -0.1) is 5.10 Å². The van der Waals surface area contributed by atoms with Crippen molar-refractivity contribution < 1.29 is 13.9 Å². The van der Waals surface area contributed by atoms with Crippen LogP contribution in [0, 0.1) is 17.1 Å². The van der Waals surface area contributed by atoms with Gasteiger partial charge in [0.1, 0.15) is 23.2 Å². The lowest BCUT2D eigenvalue weighted by Crippen LogP contribution is -2.21. The Kier molecular flexibility index (Phi) is 5.34. The van der Waals surface area contributed by atoms with Gasteiger partial charge in [0.25, 0.3) is 0 Å². The summed E-state index contributed by atoms with van der Waals surface area (Å²) in [4.78, 5) is 0. The predicted octanol–water partition coefficient (Wildman–Crippen LogP) is 4.88. The van der Waals surface area contributed by atoms with E-state index in [4.69, 9.17) is 26.8 Å². The monoisotopic (exact) mass is 424 g/mol. The van der Waals surface area contributed by atoms with E-state index in [1.807, 2.05) is 37.3 Å². The van der Waals surface area contributed by atoms with Gasteiger partial charge in [0.15, 0.2) is 0 Å². The van der Waals surface area contributed by atoms with Gasteiger partial charge >= 0.3 is 0 Å². The van der Waals surface area contributed by atoms with E-state index in [-0.39, 0.29) is 27.9 Å². The van der Waals surface area contributed by atoms with E-state index in [0.29, 0.717) is 17.9 Å². The van der Waals surface area contributed by atoms with Crippen LogP contribution in [-0.2, 0) is 0 Å². The highest BCUT2D eigenvalue weighted by atomic mass is 35.5. The average Bonchev–Trinajstić information content (AvgIpc) is 3.15. The van der Waals surface area contributed by atoms with Gasteiger partial charge in [-0.25, -0.2) is 4.39 Å². The van der Waals surface area contributed by atoms with Crippen molar-refractivity contribution in [1.29, 1.82) is 5.26 Å². The number of nitriles is 1. The lowest BCUT2D eigenvalue weighted by atomic mass is 9.82. The maximum absolute atomic E-state index is 14.8. The van der Waals surface area contributed by atoms with Crippen LogP contribution in [0.3, 0.4) is 0 Å². The SMILES string of the molecule is CCCOc1ccc(-c2[nH]nc3c2[C@H](c2c(F)cccc2Cl)C(C#N)=C(N)O3)cc1. The minimum atomic E-state index is -0.864. The number of nitrogens with one attached hydrogen (secondary N) is 1. The van der Waals surface area contributed by atoms with Crippen LogP contribution in [0.25, 0.3) is 11.3 Å². The summed E-state index contributed by atoms with van der Waals surface area (Å²) >= 11 is 6.33. The molecule has 0 fully saturated rings. The standard InChI is InChI=1S/C22H18ClFN4O2/c1-2-10-29-13-8-6-12(7-9-13)20-19-17(18-15(23)4-3-5-16(18)24)14(11-25)21(26)30-22(19)28-27-20/h3-9,17H,2,10,26H2,1H3,(H,27,28)/t17-/m0/s1. The van der Waals surface area contributed by atoms with Crippen LogP contribution in [0.4, 0.5) is 4.39 Å². The van der Waals surface area contributed by atoms with Gasteiger partial charge in [0.05, 0.1) is 23.8 Å². The van der Waals surface area contributed by atoms with Gasteiger partial charge in [0, 0.05) is 16.1 Å². The molecule has 8 heteroatoms. The normalized spacial score (nSPS) is 15.3. The molecular formula is C22H18ClFN4O2. The van der Waals surface area contributed by atoms with Crippen LogP contribution in [0.5, 0.6) is 11.6 Å². The Bertz CT molecular complexity index is 1140. The molecule has 3 N–H and O–H groups in total. The first-order valence-corrected chi connectivity index (χ1v) is 9.75. The van der Waals surface area contributed by atoms with E-state index < -0.39 is 11.7 Å². The van der Waals surface area contributed by atoms with E-state index in [2.05, 4.69) is 10.2 Å². The maximum atomic E-state index is 14.8. The Morgan fingerprint density at radius 3 is 2.70 bits per heavy atom. The summed E-state index contributed by atoms with van der Waals surface area (Å²) in [6.07, 6.45) is 0.906. The third-order valence-corrected chi connectivity index (χ3v) is 5.17. The summed E-state index contributed by atoms with van der Waals surface area (Å²) in [6, 6.07) is 13.8. The third kappa shape index (κ3) is 3.36. The number of ether oxygens (including phenoxy) is 2. The molecule has 152 valence electrons. The molecule has 0 bridgehead atoms. The molecule has 3 aromatic rings. The van der Waals surface area contributed by atoms with Crippen LogP contribution < -0.4 is 15.2 Å². The highest BCUT2D eigenvalue weighted by molar-refractivity contribution is 6.31. The molecule has 2 aromatic carbocycles. The summed E-state index contributed by atoms with van der Waals surface area (Å²) < 4.78 is 26.0. The zero-order valence-corrected chi connectivity index (χ0v) is 16.8. The van der Waals surface area contributed by atoms with E-state index in [1.54, 1.807) is 6.07 Å². The van der Waals surface area contributed by atoms with E-state index in [9.17, 15) is 9.65 Å². The number of halogens is 2. The summed E-state index contributed by atoms with van der Waals surface area (Å²) in [5.74, 6) is -0.623. The van der Waals surface area contributed by atoms with E-state index in [0.717, 1.165) is 17.7 Å². The van der Waals surface area contributed by atoms with Gasteiger partial charge in [-0.05, 0) is 42.8 Å². The Labute approximate surface area is 177 Å². The molecule has 1 aliphatic rings.